The van der Waals surface area contributed by atoms with E-state index in [2.05, 4.69) is 4.90 Å². The number of para-hydroxylation sites is 2. The van der Waals surface area contributed by atoms with Gasteiger partial charge < -0.3 is 9.64 Å². The lowest BCUT2D eigenvalue weighted by atomic mass is 10.1. The van der Waals surface area contributed by atoms with Crippen molar-refractivity contribution in [2.24, 2.45) is 0 Å². The van der Waals surface area contributed by atoms with Crippen molar-refractivity contribution in [2.75, 3.05) is 38.2 Å². The van der Waals surface area contributed by atoms with Crippen molar-refractivity contribution >= 4 is 11.5 Å². The van der Waals surface area contributed by atoms with E-state index in [1.807, 2.05) is 47.4 Å². The van der Waals surface area contributed by atoms with E-state index in [1.54, 1.807) is 19.2 Å². The molecule has 0 amide bonds. The molecule has 138 valence electrons. The van der Waals surface area contributed by atoms with Crippen LogP contribution in [-0.4, -0.2) is 50.3 Å². The van der Waals surface area contributed by atoms with Crippen LogP contribution in [0.25, 0.3) is 0 Å². The number of hydrogen-bond acceptors (Lipinski definition) is 4. The third-order valence-corrected chi connectivity index (χ3v) is 4.84. The monoisotopic (exact) mass is 356 g/mol. The molecule has 4 nitrogen and oxygen atoms in total. The molecular formula is C21H25FN2O2. The Labute approximate surface area is 154 Å². The van der Waals surface area contributed by atoms with E-state index in [0.717, 1.165) is 24.5 Å². The van der Waals surface area contributed by atoms with Gasteiger partial charge in [0, 0.05) is 38.2 Å². The molecule has 3 rings (SSSR count). The normalized spacial score (nSPS) is 16.3. The lowest BCUT2D eigenvalue weighted by Crippen LogP contribution is -2.49. The van der Waals surface area contributed by atoms with Gasteiger partial charge in [0.15, 0.2) is 12.1 Å². The molecule has 1 heterocycles. The van der Waals surface area contributed by atoms with Gasteiger partial charge in [0.25, 0.3) is 0 Å². The Morgan fingerprint density at radius 2 is 1.69 bits per heavy atom. The summed E-state index contributed by atoms with van der Waals surface area (Å²) in [7, 11) is 1.66. The molecule has 0 saturated carbocycles. The number of rotatable bonds is 7. The maximum atomic E-state index is 14.6. The van der Waals surface area contributed by atoms with Crippen molar-refractivity contribution in [3.8, 4) is 5.75 Å². The Kier molecular flexibility index (Phi) is 6.23. The molecule has 2 aromatic carbocycles. The van der Waals surface area contributed by atoms with E-state index < -0.39 is 6.30 Å². The van der Waals surface area contributed by atoms with Crippen LogP contribution in [0.1, 0.15) is 23.2 Å². The van der Waals surface area contributed by atoms with Crippen LogP contribution in [0, 0.1) is 0 Å². The number of alkyl halides is 1. The number of hydrogen-bond donors (Lipinski definition) is 0. The van der Waals surface area contributed by atoms with Gasteiger partial charge >= 0.3 is 0 Å². The number of carbonyl (C=O) groups excluding carboxylic acids is 1. The molecule has 1 aliphatic heterocycles. The van der Waals surface area contributed by atoms with E-state index in [4.69, 9.17) is 4.74 Å². The number of anilines is 1. The van der Waals surface area contributed by atoms with Gasteiger partial charge in [-0.25, -0.2) is 4.39 Å². The van der Waals surface area contributed by atoms with Gasteiger partial charge in [0.1, 0.15) is 5.75 Å². The molecule has 0 spiro atoms. The number of Topliss-reactive ketones (excluding diaryl/α,β-unsaturated/α-hetero) is 1. The van der Waals surface area contributed by atoms with Crippen LogP contribution in [0.4, 0.5) is 10.1 Å². The number of ketones is 1. The number of methoxy groups -OCH3 is 1. The Morgan fingerprint density at radius 3 is 2.38 bits per heavy atom. The van der Waals surface area contributed by atoms with Gasteiger partial charge in [-0.1, -0.05) is 42.5 Å². The van der Waals surface area contributed by atoms with E-state index in [0.29, 0.717) is 18.7 Å². The first kappa shape index (κ1) is 18.4. The minimum atomic E-state index is -1.08. The summed E-state index contributed by atoms with van der Waals surface area (Å²) in [5.74, 6) is 0.840. The number of nitrogens with zero attached hydrogens (tertiary/aromatic N) is 2. The van der Waals surface area contributed by atoms with Gasteiger partial charge in [-0.2, -0.15) is 0 Å². The summed E-state index contributed by atoms with van der Waals surface area (Å²) >= 11 is 0. The largest absolute Gasteiger partial charge is 0.495 e. The van der Waals surface area contributed by atoms with Crippen LogP contribution in [0.5, 0.6) is 5.75 Å². The second-order valence-corrected chi connectivity index (χ2v) is 6.46. The van der Waals surface area contributed by atoms with Crippen molar-refractivity contribution in [2.45, 2.75) is 19.1 Å². The van der Waals surface area contributed by atoms with E-state index in [9.17, 15) is 9.18 Å². The van der Waals surface area contributed by atoms with Crippen molar-refractivity contribution in [1.82, 2.24) is 4.90 Å². The molecule has 1 fully saturated rings. The van der Waals surface area contributed by atoms with Crippen molar-refractivity contribution in [1.29, 1.82) is 0 Å². The van der Waals surface area contributed by atoms with Gasteiger partial charge in [-0.05, 0) is 18.6 Å². The third kappa shape index (κ3) is 4.41. The number of carbonyl (C=O) groups is 1. The zero-order chi connectivity index (χ0) is 18.4. The van der Waals surface area contributed by atoms with Gasteiger partial charge in [-0.3, -0.25) is 9.69 Å². The molecule has 0 aliphatic carbocycles. The third-order valence-electron chi connectivity index (χ3n) is 4.84. The van der Waals surface area contributed by atoms with Crippen LogP contribution in [-0.2, 0) is 0 Å². The Bertz CT molecular complexity index is 715. The molecule has 0 N–H and O–H groups in total. The predicted molar refractivity (Wildman–Crippen MR) is 102 cm³/mol. The Balaban J connectivity index is 1.49. The first-order valence-electron chi connectivity index (χ1n) is 9.03. The molecule has 1 unspecified atom stereocenters. The van der Waals surface area contributed by atoms with E-state index in [-0.39, 0.29) is 18.6 Å². The SMILES string of the molecule is COc1ccccc1N1CCN(C(F)CCC(=O)c2ccccc2)CC1. The van der Waals surface area contributed by atoms with Crippen molar-refractivity contribution in [3.05, 3.63) is 60.2 Å². The summed E-state index contributed by atoms with van der Waals surface area (Å²) in [5, 5.41) is 0. The number of piperazine rings is 1. The average Bonchev–Trinajstić information content (AvgIpc) is 2.72. The lowest BCUT2D eigenvalue weighted by Gasteiger charge is -2.38. The molecule has 1 aliphatic rings. The van der Waals surface area contributed by atoms with Gasteiger partial charge in [0.2, 0.25) is 0 Å². The molecule has 0 radical (unpaired) electrons. The smallest absolute Gasteiger partial charge is 0.163 e. The zero-order valence-electron chi connectivity index (χ0n) is 15.1. The molecule has 1 saturated heterocycles. The topological polar surface area (TPSA) is 32.8 Å². The molecule has 26 heavy (non-hydrogen) atoms. The van der Waals surface area contributed by atoms with Gasteiger partial charge in [0.05, 0.1) is 12.8 Å². The van der Waals surface area contributed by atoms with Crippen molar-refractivity contribution in [3.63, 3.8) is 0 Å². The summed E-state index contributed by atoms with van der Waals surface area (Å²) in [5.41, 5.74) is 1.70. The van der Waals surface area contributed by atoms with Crippen LogP contribution in [0.2, 0.25) is 0 Å². The first-order chi connectivity index (χ1) is 12.7. The molecular weight excluding hydrogens is 331 g/mol. The summed E-state index contributed by atoms with van der Waals surface area (Å²) in [6.07, 6.45) is -0.609. The van der Waals surface area contributed by atoms with Crippen LogP contribution < -0.4 is 9.64 Å². The first-order valence-corrected chi connectivity index (χ1v) is 9.03. The second kappa shape index (κ2) is 8.81. The Morgan fingerprint density at radius 1 is 1.04 bits per heavy atom. The predicted octanol–water partition coefficient (Wildman–Crippen LogP) is 3.78. The van der Waals surface area contributed by atoms with E-state index in [1.165, 1.54) is 0 Å². The second-order valence-electron chi connectivity index (χ2n) is 6.46. The fraction of sp³-hybridized carbons (Fsp3) is 0.381. The van der Waals surface area contributed by atoms with Crippen LogP contribution >= 0.6 is 0 Å². The summed E-state index contributed by atoms with van der Waals surface area (Å²) in [6.45, 7) is 2.76. The van der Waals surface area contributed by atoms with Crippen LogP contribution in [0.15, 0.2) is 54.6 Å². The van der Waals surface area contributed by atoms with E-state index >= 15 is 0 Å². The standard InChI is InChI=1S/C21H25FN2O2/c1-26-20-10-6-5-9-18(20)23-13-15-24(16-14-23)21(22)12-11-19(25)17-7-3-2-4-8-17/h2-10,21H,11-16H2,1H3. The maximum absolute atomic E-state index is 14.6. The summed E-state index contributed by atoms with van der Waals surface area (Å²) < 4.78 is 20.0. The lowest BCUT2D eigenvalue weighted by molar-refractivity contribution is 0.0636. The van der Waals surface area contributed by atoms with Crippen LogP contribution in [0.3, 0.4) is 0 Å². The van der Waals surface area contributed by atoms with Crippen molar-refractivity contribution < 1.29 is 13.9 Å². The molecule has 5 heteroatoms. The highest BCUT2D eigenvalue weighted by molar-refractivity contribution is 5.95. The highest BCUT2D eigenvalue weighted by Gasteiger charge is 2.25. The molecule has 1 atom stereocenters. The molecule has 0 aromatic heterocycles. The fourth-order valence-corrected chi connectivity index (χ4v) is 3.34. The molecule has 0 bridgehead atoms. The highest BCUT2D eigenvalue weighted by Crippen LogP contribution is 2.28. The molecule has 2 aromatic rings. The highest BCUT2D eigenvalue weighted by atomic mass is 19.1. The summed E-state index contributed by atoms with van der Waals surface area (Å²) in [6, 6.07) is 17.0. The average molecular weight is 356 g/mol. The quantitative estimate of drug-likeness (QED) is 0.558. The zero-order valence-corrected chi connectivity index (χ0v) is 15.1. The maximum Gasteiger partial charge on any atom is 0.163 e. The number of halogens is 1. The number of benzene rings is 2. The minimum Gasteiger partial charge on any atom is -0.495 e. The summed E-state index contributed by atoms with van der Waals surface area (Å²) in [4.78, 5) is 16.2. The van der Waals surface area contributed by atoms with Gasteiger partial charge in [-0.15, -0.1) is 0 Å². The number of ether oxygens (including phenoxy) is 1. The minimum absolute atomic E-state index is 0.000841. The Hall–Kier alpha value is -2.40. The fourth-order valence-electron chi connectivity index (χ4n) is 3.34.